The molecule has 1 aromatic rings. The lowest BCUT2D eigenvalue weighted by Gasteiger charge is -2.27. The van der Waals surface area contributed by atoms with Gasteiger partial charge in [-0.2, -0.15) is 0 Å². The molecule has 1 aliphatic carbocycles. The summed E-state index contributed by atoms with van der Waals surface area (Å²) >= 11 is 0. The van der Waals surface area contributed by atoms with Crippen LogP contribution in [0, 0.1) is 11.2 Å². The molecule has 2 N–H and O–H groups in total. The van der Waals surface area contributed by atoms with Crippen LogP contribution in [-0.4, -0.2) is 11.8 Å². The number of carbonyl (C=O) groups excluding carboxylic acids is 1. The van der Waals surface area contributed by atoms with E-state index in [0.717, 1.165) is 24.8 Å². The molecule has 17 heavy (non-hydrogen) atoms. The molecule has 0 aromatic heterocycles. The van der Waals surface area contributed by atoms with Gasteiger partial charge in [0.2, 0.25) is 0 Å². The average Bonchev–Trinajstić information content (AvgIpc) is 2.60. The van der Waals surface area contributed by atoms with E-state index in [1.165, 1.54) is 12.1 Å². The minimum absolute atomic E-state index is 0.0523. The van der Waals surface area contributed by atoms with Crippen LogP contribution in [-0.2, 0) is 11.2 Å². The molecule has 3 heteroatoms. The molecule has 2 unspecified atom stereocenters. The summed E-state index contributed by atoms with van der Waals surface area (Å²) in [7, 11) is 0. The number of halogens is 1. The first kappa shape index (κ1) is 12.2. The van der Waals surface area contributed by atoms with E-state index in [0.29, 0.717) is 0 Å². The van der Waals surface area contributed by atoms with Crippen molar-refractivity contribution in [1.82, 2.24) is 0 Å². The maximum atomic E-state index is 13.0. The van der Waals surface area contributed by atoms with Crippen molar-refractivity contribution in [2.45, 2.75) is 38.6 Å². The molecular formula is C14H18FNO. The van der Waals surface area contributed by atoms with Crippen molar-refractivity contribution in [3.05, 3.63) is 35.6 Å². The zero-order valence-electron chi connectivity index (χ0n) is 10.1. The first-order valence-electron chi connectivity index (χ1n) is 6.06. The van der Waals surface area contributed by atoms with Crippen LogP contribution in [0.15, 0.2) is 24.3 Å². The van der Waals surface area contributed by atoms with Gasteiger partial charge in [-0.25, -0.2) is 4.39 Å². The van der Waals surface area contributed by atoms with Gasteiger partial charge in [0.1, 0.15) is 11.6 Å². The summed E-state index contributed by atoms with van der Waals surface area (Å²) < 4.78 is 13.0. The van der Waals surface area contributed by atoms with Crippen LogP contribution in [0.5, 0.6) is 0 Å². The van der Waals surface area contributed by atoms with Crippen LogP contribution in [0.3, 0.4) is 0 Å². The second-order valence-electron chi connectivity index (χ2n) is 5.15. The standard InChI is InChI=1S/C14H18FNO/c1-14(7-3-6-12(14)16)13(17)9-10-4-2-5-11(15)8-10/h2,4-5,8,12H,3,6-7,9,16H2,1H3. The van der Waals surface area contributed by atoms with Crippen molar-refractivity contribution in [2.24, 2.45) is 11.1 Å². The second kappa shape index (κ2) is 4.57. The fourth-order valence-corrected chi connectivity index (χ4v) is 2.57. The van der Waals surface area contributed by atoms with Gasteiger partial charge in [-0.3, -0.25) is 4.79 Å². The van der Waals surface area contributed by atoms with Crippen LogP contribution in [0.1, 0.15) is 31.7 Å². The molecule has 0 heterocycles. The van der Waals surface area contributed by atoms with Crippen LogP contribution in [0.25, 0.3) is 0 Å². The van der Waals surface area contributed by atoms with E-state index in [4.69, 9.17) is 5.73 Å². The Hall–Kier alpha value is -1.22. The molecule has 1 fully saturated rings. The number of hydrogen-bond donors (Lipinski definition) is 1. The predicted molar refractivity (Wildman–Crippen MR) is 65.0 cm³/mol. The molecule has 2 atom stereocenters. The van der Waals surface area contributed by atoms with Gasteiger partial charge >= 0.3 is 0 Å². The van der Waals surface area contributed by atoms with Gasteiger partial charge in [-0.1, -0.05) is 25.5 Å². The molecule has 1 aromatic carbocycles. The van der Waals surface area contributed by atoms with E-state index < -0.39 is 5.41 Å². The topological polar surface area (TPSA) is 43.1 Å². The lowest BCUT2D eigenvalue weighted by atomic mass is 9.78. The maximum Gasteiger partial charge on any atom is 0.144 e. The number of rotatable bonds is 3. The molecule has 1 aliphatic rings. The van der Waals surface area contributed by atoms with Crippen molar-refractivity contribution in [3.8, 4) is 0 Å². The highest BCUT2D eigenvalue weighted by molar-refractivity contribution is 5.87. The van der Waals surface area contributed by atoms with Crippen LogP contribution < -0.4 is 5.73 Å². The lowest BCUT2D eigenvalue weighted by Crippen LogP contribution is -2.41. The van der Waals surface area contributed by atoms with E-state index in [9.17, 15) is 9.18 Å². The van der Waals surface area contributed by atoms with E-state index in [1.54, 1.807) is 12.1 Å². The molecular weight excluding hydrogens is 217 g/mol. The Morgan fingerprint density at radius 2 is 2.35 bits per heavy atom. The SMILES string of the molecule is CC1(C(=O)Cc2cccc(F)c2)CCCC1N. The van der Waals surface area contributed by atoms with Gasteiger partial charge in [0, 0.05) is 17.9 Å². The fourth-order valence-electron chi connectivity index (χ4n) is 2.57. The molecule has 0 aliphatic heterocycles. The van der Waals surface area contributed by atoms with Gasteiger partial charge < -0.3 is 5.73 Å². The first-order valence-corrected chi connectivity index (χ1v) is 6.06. The second-order valence-corrected chi connectivity index (χ2v) is 5.15. The van der Waals surface area contributed by atoms with Crippen molar-refractivity contribution in [1.29, 1.82) is 0 Å². The first-order chi connectivity index (χ1) is 8.02. The molecule has 92 valence electrons. The van der Waals surface area contributed by atoms with Crippen LogP contribution in [0.2, 0.25) is 0 Å². The van der Waals surface area contributed by atoms with Gasteiger partial charge in [-0.15, -0.1) is 0 Å². The largest absolute Gasteiger partial charge is 0.327 e. The van der Waals surface area contributed by atoms with Crippen molar-refractivity contribution in [3.63, 3.8) is 0 Å². The van der Waals surface area contributed by atoms with Gasteiger partial charge in [0.25, 0.3) is 0 Å². The van der Waals surface area contributed by atoms with Crippen molar-refractivity contribution >= 4 is 5.78 Å². The summed E-state index contributed by atoms with van der Waals surface area (Å²) in [4.78, 5) is 12.3. The number of hydrogen-bond acceptors (Lipinski definition) is 2. The van der Waals surface area contributed by atoms with Gasteiger partial charge in [-0.05, 0) is 30.5 Å². The summed E-state index contributed by atoms with van der Waals surface area (Å²) in [6.45, 7) is 1.94. The third-order valence-electron chi connectivity index (χ3n) is 3.92. The van der Waals surface area contributed by atoms with Crippen LogP contribution in [0.4, 0.5) is 4.39 Å². The highest BCUT2D eigenvalue weighted by atomic mass is 19.1. The Morgan fingerprint density at radius 3 is 2.94 bits per heavy atom. The van der Waals surface area contributed by atoms with E-state index in [2.05, 4.69) is 0 Å². The van der Waals surface area contributed by atoms with Gasteiger partial charge in [0.05, 0.1) is 0 Å². The fraction of sp³-hybridized carbons (Fsp3) is 0.500. The molecule has 0 amide bonds. The number of ketones is 1. The quantitative estimate of drug-likeness (QED) is 0.874. The Labute approximate surface area is 101 Å². The van der Waals surface area contributed by atoms with Gasteiger partial charge in [0.15, 0.2) is 0 Å². The Kier molecular flexibility index (Phi) is 3.29. The monoisotopic (exact) mass is 235 g/mol. The zero-order chi connectivity index (χ0) is 12.5. The third kappa shape index (κ3) is 2.39. The molecule has 2 rings (SSSR count). The van der Waals surface area contributed by atoms with E-state index in [-0.39, 0.29) is 24.1 Å². The molecule has 0 bridgehead atoms. The minimum atomic E-state index is -0.424. The Bertz CT molecular complexity index is 432. The maximum absolute atomic E-state index is 13.0. The number of benzene rings is 1. The summed E-state index contributed by atoms with van der Waals surface area (Å²) in [5.74, 6) is -0.163. The van der Waals surface area contributed by atoms with Crippen LogP contribution >= 0.6 is 0 Å². The Balaban J connectivity index is 2.12. The van der Waals surface area contributed by atoms with E-state index >= 15 is 0 Å². The van der Waals surface area contributed by atoms with Crippen molar-refractivity contribution < 1.29 is 9.18 Å². The molecule has 1 saturated carbocycles. The zero-order valence-corrected chi connectivity index (χ0v) is 10.1. The average molecular weight is 235 g/mol. The highest BCUT2D eigenvalue weighted by Crippen LogP contribution is 2.38. The number of carbonyl (C=O) groups is 1. The highest BCUT2D eigenvalue weighted by Gasteiger charge is 2.42. The molecule has 0 radical (unpaired) electrons. The van der Waals surface area contributed by atoms with E-state index in [1.807, 2.05) is 6.92 Å². The number of Topliss-reactive ketones (excluding diaryl/α,β-unsaturated/α-hetero) is 1. The smallest absolute Gasteiger partial charge is 0.144 e. The minimum Gasteiger partial charge on any atom is -0.327 e. The molecule has 2 nitrogen and oxygen atoms in total. The predicted octanol–water partition coefficient (Wildman–Crippen LogP) is 2.45. The third-order valence-corrected chi connectivity index (χ3v) is 3.92. The summed E-state index contributed by atoms with van der Waals surface area (Å²) in [6.07, 6.45) is 3.04. The summed E-state index contributed by atoms with van der Waals surface area (Å²) in [6, 6.07) is 6.17. The normalized spacial score (nSPS) is 28.3. The molecule has 0 spiro atoms. The lowest BCUT2D eigenvalue weighted by molar-refractivity contribution is -0.127. The number of nitrogens with two attached hydrogens (primary N) is 1. The Morgan fingerprint density at radius 1 is 1.59 bits per heavy atom. The summed E-state index contributed by atoms with van der Waals surface area (Å²) in [5, 5.41) is 0. The summed E-state index contributed by atoms with van der Waals surface area (Å²) in [5.41, 5.74) is 6.31. The molecule has 0 saturated heterocycles. The van der Waals surface area contributed by atoms with Crippen molar-refractivity contribution in [2.75, 3.05) is 0 Å².